The van der Waals surface area contributed by atoms with Gasteiger partial charge in [-0.15, -0.1) is 0 Å². The van der Waals surface area contributed by atoms with Crippen LogP contribution in [0, 0.1) is 6.92 Å². The number of benzene rings is 1. The maximum Gasteiger partial charge on any atom is 0.130 e. The molecule has 0 aliphatic carbocycles. The van der Waals surface area contributed by atoms with Gasteiger partial charge in [-0.1, -0.05) is 46.6 Å². The molecule has 0 unspecified atom stereocenters. The van der Waals surface area contributed by atoms with Gasteiger partial charge in [0.15, 0.2) is 0 Å². The van der Waals surface area contributed by atoms with Crippen molar-refractivity contribution in [3.8, 4) is 0 Å². The van der Waals surface area contributed by atoms with Crippen molar-refractivity contribution in [2.24, 2.45) is 0 Å². The average Bonchev–Trinajstić information content (AvgIpc) is 2.60. The fraction of sp³-hybridized carbons (Fsp3) is 0.308. The molecule has 0 spiro atoms. The van der Waals surface area contributed by atoms with Crippen molar-refractivity contribution in [3.63, 3.8) is 0 Å². The fourth-order valence-electron chi connectivity index (χ4n) is 1.78. The summed E-state index contributed by atoms with van der Waals surface area (Å²) in [4.78, 5) is 0. The summed E-state index contributed by atoms with van der Waals surface area (Å²) in [6.45, 7) is 4.83. The molecule has 4 heteroatoms. The Morgan fingerprint density at radius 2 is 1.94 bits per heavy atom. The Kier molecular flexibility index (Phi) is 3.89. The van der Waals surface area contributed by atoms with Gasteiger partial charge in [0, 0.05) is 10.0 Å². The van der Waals surface area contributed by atoms with Gasteiger partial charge in [-0.3, -0.25) is 0 Å². The predicted molar refractivity (Wildman–Crippen MR) is 74.6 cm³/mol. The van der Waals surface area contributed by atoms with E-state index in [1.807, 2.05) is 23.7 Å². The summed E-state index contributed by atoms with van der Waals surface area (Å²) in [7, 11) is 0. The molecular weight excluding hydrogens is 300 g/mol. The molecule has 0 aliphatic rings. The summed E-state index contributed by atoms with van der Waals surface area (Å²) in [5.74, 6) is 0. The van der Waals surface area contributed by atoms with E-state index in [2.05, 4.69) is 40.1 Å². The number of rotatable bonds is 3. The van der Waals surface area contributed by atoms with Crippen LogP contribution < -0.4 is 0 Å². The summed E-state index contributed by atoms with van der Waals surface area (Å²) < 4.78 is 2.94. The van der Waals surface area contributed by atoms with Gasteiger partial charge < -0.3 is 0 Å². The van der Waals surface area contributed by atoms with Crippen LogP contribution in [0.15, 0.2) is 28.7 Å². The molecule has 2 aromatic rings. The first-order chi connectivity index (χ1) is 8.11. The van der Waals surface area contributed by atoms with Gasteiger partial charge in [0.25, 0.3) is 0 Å². The first-order valence-electron chi connectivity index (χ1n) is 5.58. The van der Waals surface area contributed by atoms with E-state index in [0.717, 1.165) is 27.3 Å². The van der Waals surface area contributed by atoms with Crippen molar-refractivity contribution < 1.29 is 0 Å². The van der Waals surface area contributed by atoms with E-state index < -0.39 is 0 Å². The van der Waals surface area contributed by atoms with Gasteiger partial charge in [-0.25, -0.2) is 4.68 Å². The zero-order chi connectivity index (χ0) is 12.4. The maximum absolute atomic E-state index is 6.27. The molecule has 0 radical (unpaired) electrons. The van der Waals surface area contributed by atoms with Crippen LogP contribution in [0.25, 0.3) is 0 Å². The molecule has 0 aliphatic heterocycles. The standard InChI is InChI=1S/C13H14BrClN2/c1-3-12-9(2)13(15)17(16-12)8-10-4-6-11(14)7-5-10/h4-7H,3,8H2,1-2H3. The number of aryl methyl sites for hydroxylation is 1. The topological polar surface area (TPSA) is 17.8 Å². The van der Waals surface area contributed by atoms with Crippen LogP contribution in [-0.2, 0) is 13.0 Å². The molecule has 2 rings (SSSR count). The molecule has 1 aromatic carbocycles. The largest absolute Gasteiger partial charge is 0.249 e. The first kappa shape index (κ1) is 12.7. The van der Waals surface area contributed by atoms with E-state index in [9.17, 15) is 0 Å². The minimum atomic E-state index is 0.715. The second-order valence-electron chi connectivity index (χ2n) is 4.00. The minimum Gasteiger partial charge on any atom is -0.249 e. The number of aromatic nitrogens is 2. The molecule has 1 heterocycles. The number of nitrogens with zero attached hydrogens (tertiary/aromatic N) is 2. The van der Waals surface area contributed by atoms with Gasteiger partial charge in [0.2, 0.25) is 0 Å². The number of halogens is 2. The van der Waals surface area contributed by atoms with Crippen molar-refractivity contribution in [2.45, 2.75) is 26.8 Å². The molecule has 2 nitrogen and oxygen atoms in total. The van der Waals surface area contributed by atoms with Crippen LogP contribution in [0.2, 0.25) is 5.15 Å². The monoisotopic (exact) mass is 312 g/mol. The van der Waals surface area contributed by atoms with Gasteiger partial charge in [-0.05, 0) is 31.0 Å². The summed E-state index contributed by atoms with van der Waals surface area (Å²) in [6, 6.07) is 8.20. The zero-order valence-electron chi connectivity index (χ0n) is 9.87. The Morgan fingerprint density at radius 3 is 2.47 bits per heavy atom. The molecule has 0 fully saturated rings. The highest BCUT2D eigenvalue weighted by molar-refractivity contribution is 9.10. The van der Waals surface area contributed by atoms with Gasteiger partial charge >= 0.3 is 0 Å². The SMILES string of the molecule is CCc1nn(Cc2ccc(Br)cc2)c(Cl)c1C. The fourth-order valence-corrected chi connectivity index (χ4v) is 2.25. The minimum absolute atomic E-state index is 0.715. The third kappa shape index (κ3) is 2.72. The van der Waals surface area contributed by atoms with Crippen LogP contribution in [0.4, 0.5) is 0 Å². The lowest BCUT2D eigenvalue weighted by atomic mass is 10.2. The number of hydrogen-bond acceptors (Lipinski definition) is 1. The van der Waals surface area contributed by atoms with Gasteiger partial charge in [0.1, 0.15) is 5.15 Å². The summed E-state index contributed by atoms with van der Waals surface area (Å²) in [5.41, 5.74) is 3.36. The van der Waals surface area contributed by atoms with Gasteiger partial charge in [0.05, 0.1) is 12.2 Å². The van der Waals surface area contributed by atoms with Crippen LogP contribution in [0.1, 0.15) is 23.7 Å². The van der Waals surface area contributed by atoms with E-state index in [4.69, 9.17) is 11.6 Å². The van der Waals surface area contributed by atoms with E-state index >= 15 is 0 Å². The molecule has 1 aromatic heterocycles. The Bertz CT molecular complexity index is 517. The first-order valence-corrected chi connectivity index (χ1v) is 6.75. The lowest BCUT2D eigenvalue weighted by molar-refractivity contribution is 0.674. The Hall–Kier alpha value is -0.800. The van der Waals surface area contributed by atoms with Crippen LogP contribution >= 0.6 is 27.5 Å². The zero-order valence-corrected chi connectivity index (χ0v) is 12.2. The smallest absolute Gasteiger partial charge is 0.130 e. The highest BCUT2D eigenvalue weighted by Gasteiger charge is 2.10. The highest BCUT2D eigenvalue weighted by atomic mass is 79.9. The predicted octanol–water partition coefficient (Wildman–Crippen LogP) is 4.22. The highest BCUT2D eigenvalue weighted by Crippen LogP contribution is 2.21. The third-order valence-corrected chi connectivity index (χ3v) is 3.80. The second-order valence-corrected chi connectivity index (χ2v) is 5.27. The summed E-state index contributed by atoms with van der Waals surface area (Å²) in [6.07, 6.45) is 0.916. The molecule has 0 amide bonds. The Morgan fingerprint density at radius 1 is 1.29 bits per heavy atom. The van der Waals surface area contributed by atoms with E-state index in [0.29, 0.717) is 6.54 Å². The van der Waals surface area contributed by atoms with E-state index in [1.165, 1.54) is 5.56 Å². The van der Waals surface area contributed by atoms with Crippen LogP contribution in [0.3, 0.4) is 0 Å². The quantitative estimate of drug-likeness (QED) is 0.829. The van der Waals surface area contributed by atoms with E-state index in [-0.39, 0.29) is 0 Å². The molecule has 0 N–H and O–H groups in total. The van der Waals surface area contributed by atoms with Crippen molar-refractivity contribution in [1.29, 1.82) is 0 Å². The maximum atomic E-state index is 6.27. The second kappa shape index (κ2) is 5.23. The number of hydrogen-bond donors (Lipinski definition) is 0. The average molecular weight is 314 g/mol. The van der Waals surface area contributed by atoms with Crippen LogP contribution in [0.5, 0.6) is 0 Å². The van der Waals surface area contributed by atoms with Crippen molar-refractivity contribution in [3.05, 3.63) is 50.7 Å². The van der Waals surface area contributed by atoms with Gasteiger partial charge in [-0.2, -0.15) is 5.10 Å². The normalized spacial score (nSPS) is 10.8. The van der Waals surface area contributed by atoms with Crippen molar-refractivity contribution in [1.82, 2.24) is 9.78 Å². The van der Waals surface area contributed by atoms with E-state index in [1.54, 1.807) is 0 Å². The van der Waals surface area contributed by atoms with Crippen molar-refractivity contribution in [2.75, 3.05) is 0 Å². The molecule has 90 valence electrons. The molecule has 0 atom stereocenters. The lowest BCUT2D eigenvalue weighted by Crippen LogP contribution is -2.02. The molecule has 0 saturated carbocycles. The molecule has 0 saturated heterocycles. The molecule has 0 bridgehead atoms. The lowest BCUT2D eigenvalue weighted by Gasteiger charge is -2.03. The van der Waals surface area contributed by atoms with Crippen LogP contribution in [-0.4, -0.2) is 9.78 Å². The third-order valence-electron chi connectivity index (χ3n) is 2.79. The molecule has 17 heavy (non-hydrogen) atoms. The van der Waals surface area contributed by atoms with Crippen molar-refractivity contribution >= 4 is 27.5 Å². The Balaban J connectivity index is 2.27. The molecular formula is C13H14BrClN2. The Labute approximate surface area is 115 Å². The summed E-state index contributed by atoms with van der Waals surface area (Å²) in [5, 5.41) is 5.26. The summed E-state index contributed by atoms with van der Waals surface area (Å²) >= 11 is 9.69.